The van der Waals surface area contributed by atoms with Gasteiger partial charge < -0.3 is 15.7 Å². The second-order valence-electron chi connectivity index (χ2n) is 5.29. The minimum atomic E-state index is -1.38. The summed E-state index contributed by atoms with van der Waals surface area (Å²) in [5.74, 6) is 0. The van der Waals surface area contributed by atoms with Crippen molar-refractivity contribution < 1.29 is 0 Å². The van der Waals surface area contributed by atoms with Crippen LogP contribution < -0.4 is 15.7 Å². The van der Waals surface area contributed by atoms with E-state index in [4.69, 9.17) is 5.73 Å². The minimum absolute atomic E-state index is 0.685. The topological polar surface area (TPSA) is 50.1 Å². The third-order valence-corrected chi connectivity index (χ3v) is 14.1. The predicted octanol–water partition coefficient (Wildman–Crippen LogP) is 1.48. The fourth-order valence-corrected chi connectivity index (χ4v) is 14.0. The Morgan fingerprint density at radius 1 is 0.933 bits per heavy atom. The summed E-state index contributed by atoms with van der Waals surface area (Å²) >= 11 is 0. The zero-order chi connectivity index (χ0) is 12.1. The summed E-state index contributed by atoms with van der Waals surface area (Å²) < 4.78 is 0. The SMILES string of the molecule is CCN[Si](C)(C)C(CN)[Si](C)(C)NCC. The van der Waals surface area contributed by atoms with Crippen molar-refractivity contribution in [2.24, 2.45) is 5.73 Å². The Morgan fingerprint density at radius 2 is 1.27 bits per heavy atom. The van der Waals surface area contributed by atoms with Crippen LogP contribution in [-0.2, 0) is 0 Å². The first-order valence-electron chi connectivity index (χ1n) is 6.02. The zero-order valence-electron chi connectivity index (χ0n) is 11.3. The number of nitrogens with one attached hydrogen (secondary N) is 2. The molecule has 3 nitrogen and oxygen atoms in total. The fourth-order valence-electron chi connectivity index (χ4n) is 2.65. The van der Waals surface area contributed by atoms with E-state index in [2.05, 4.69) is 50.0 Å². The second kappa shape index (κ2) is 6.15. The van der Waals surface area contributed by atoms with Gasteiger partial charge >= 0.3 is 0 Å². The molecule has 0 aliphatic rings. The van der Waals surface area contributed by atoms with Crippen molar-refractivity contribution >= 4 is 16.5 Å². The van der Waals surface area contributed by atoms with Crippen LogP contribution in [0.5, 0.6) is 0 Å². The average molecular weight is 248 g/mol. The van der Waals surface area contributed by atoms with Crippen LogP contribution in [0.25, 0.3) is 0 Å². The Labute approximate surface area is 97.4 Å². The zero-order valence-corrected chi connectivity index (χ0v) is 13.3. The van der Waals surface area contributed by atoms with Crippen LogP contribution in [0.3, 0.4) is 0 Å². The van der Waals surface area contributed by atoms with E-state index in [1.54, 1.807) is 0 Å². The van der Waals surface area contributed by atoms with Crippen LogP contribution in [0.4, 0.5) is 0 Å². The first-order chi connectivity index (χ1) is 6.81. The summed E-state index contributed by atoms with van der Waals surface area (Å²) in [7, 11) is -2.76. The van der Waals surface area contributed by atoms with E-state index in [0.717, 1.165) is 19.6 Å². The molecule has 0 aromatic rings. The van der Waals surface area contributed by atoms with E-state index in [1.807, 2.05) is 0 Å². The Balaban J connectivity index is 4.72. The molecular weight excluding hydrogens is 218 g/mol. The van der Waals surface area contributed by atoms with Crippen LogP contribution in [0.1, 0.15) is 13.8 Å². The third-order valence-electron chi connectivity index (χ3n) is 3.24. The van der Waals surface area contributed by atoms with E-state index < -0.39 is 16.5 Å². The van der Waals surface area contributed by atoms with Crippen molar-refractivity contribution in [1.29, 1.82) is 0 Å². The molecule has 4 N–H and O–H groups in total. The number of nitrogens with two attached hydrogens (primary N) is 1. The van der Waals surface area contributed by atoms with E-state index in [-0.39, 0.29) is 0 Å². The van der Waals surface area contributed by atoms with E-state index >= 15 is 0 Å². The van der Waals surface area contributed by atoms with E-state index in [1.165, 1.54) is 0 Å². The maximum absolute atomic E-state index is 6.00. The van der Waals surface area contributed by atoms with Crippen LogP contribution in [0.15, 0.2) is 0 Å². The number of rotatable bonds is 7. The van der Waals surface area contributed by atoms with Crippen molar-refractivity contribution in [3.63, 3.8) is 0 Å². The molecule has 0 aromatic heterocycles. The number of hydrogen-bond donors (Lipinski definition) is 3. The molecule has 0 bridgehead atoms. The molecule has 92 valence electrons. The Kier molecular flexibility index (Phi) is 6.28. The lowest BCUT2D eigenvalue weighted by Crippen LogP contribution is -2.64. The van der Waals surface area contributed by atoms with Gasteiger partial charge in [0.2, 0.25) is 0 Å². The van der Waals surface area contributed by atoms with Crippen molar-refractivity contribution in [3.05, 3.63) is 0 Å². The average Bonchev–Trinajstić information content (AvgIpc) is 2.02. The normalized spacial score (nSPS) is 13.6. The molecule has 0 fully saturated rings. The van der Waals surface area contributed by atoms with Crippen LogP contribution in [-0.4, -0.2) is 36.1 Å². The first-order valence-corrected chi connectivity index (χ1v) is 12.2. The Bertz CT molecular complexity index is 166. The monoisotopic (exact) mass is 247 g/mol. The van der Waals surface area contributed by atoms with E-state index in [9.17, 15) is 0 Å². The molecule has 5 heteroatoms. The summed E-state index contributed by atoms with van der Waals surface area (Å²) in [5.41, 5.74) is 6.00. The lowest BCUT2D eigenvalue weighted by Gasteiger charge is -2.42. The van der Waals surface area contributed by atoms with Crippen LogP contribution in [0, 0.1) is 0 Å². The van der Waals surface area contributed by atoms with Gasteiger partial charge in [-0.3, -0.25) is 0 Å². The van der Waals surface area contributed by atoms with E-state index in [0.29, 0.717) is 5.16 Å². The lowest BCUT2D eigenvalue weighted by molar-refractivity contribution is 0.854. The molecule has 0 aromatic carbocycles. The summed E-state index contributed by atoms with van der Waals surface area (Å²) in [4.78, 5) is 7.38. The Hall–Kier alpha value is 0.314. The molecule has 0 aliphatic heterocycles. The van der Waals surface area contributed by atoms with Gasteiger partial charge in [0.05, 0.1) is 0 Å². The van der Waals surface area contributed by atoms with Crippen LogP contribution in [0.2, 0.25) is 31.4 Å². The summed E-state index contributed by atoms with van der Waals surface area (Å²) in [6.45, 7) is 16.9. The Morgan fingerprint density at radius 3 is 1.47 bits per heavy atom. The van der Waals surface area contributed by atoms with Crippen molar-refractivity contribution in [2.75, 3.05) is 19.6 Å². The molecule has 0 unspecified atom stereocenters. The van der Waals surface area contributed by atoms with Gasteiger partial charge in [-0.1, -0.05) is 40.0 Å². The third kappa shape index (κ3) is 4.36. The molecule has 0 saturated carbocycles. The summed E-state index contributed by atoms with van der Waals surface area (Å²) in [6, 6.07) is 0. The maximum atomic E-state index is 6.00. The van der Waals surface area contributed by atoms with Gasteiger partial charge in [-0.2, -0.15) is 0 Å². The highest BCUT2D eigenvalue weighted by Crippen LogP contribution is 2.27. The smallest absolute Gasteiger partial charge is 0.122 e. The highest BCUT2D eigenvalue weighted by Gasteiger charge is 2.42. The van der Waals surface area contributed by atoms with Gasteiger partial charge in [0.15, 0.2) is 0 Å². The van der Waals surface area contributed by atoms with Gasteiger partial charge in [0, 0.05) is 0 Å². The molecule has 0 heterocycles. The molecule has 0 spiro atoms. The number of hydrogen-bond acceptors (Lipinski definition) is 3. The van der Waals surface area contributed by atoms with Crippen LogP contribution >= 0.6 is 0 Å². The lowest BCUT2D eigenvalue weighted by atomic mass is 10.8. The molecule has 0 radical (unpaired) electrons. The largest absolute Gasteiger partial charge is 0.338 e. The first kappa shape index (κ1) is 15.3. The van der Waals surface area contributed by atoms with Crippen molar-refractivity contribution in [2.45, 2.75) is 45.2 Å². The summed E-state index contributed by atoms with van der Waals surface area (Å²) in [6.07, 6.45) is 0. The van der Waals surface area contributed by atoms with Crippen molar-refractivity contribution in [1.82, 2.24) is 9.96 Å². The molecule has 0 amide bonds. The molecule has 0 rings (SSSR count). The molecule has 0 aliphatic carbocycles. The molecular formula is C10H29N3Si2. The summed E-state index contributed by atoms with van der Waals surface area (Å²) in [5, 5.41) is 0.685. The minimum Gasteiger partial charge on any atom is -0.338 e. The molecule has 0 atom stereocenters. The van der Waals surface area contributed by atoms with Gasteiger partial charge in [-0.15, -0.1) is 0 Å². The second-order valence-corrected chi connectivity index (χ2v) is 14.9. The van der Waals surface area contributed by atoms with Gasteiger partial charge in [-0.05, 0) is 24.8 Å². The predicted molar refractivity (Wildman–Crippen MR) is 75.1 cm³/mol. The molecule has 0 saturated heterocycles. The molecule has 15 heavy (non-hydrogen) atoms. The van der Waals surface area contributed by atoms with Gasteiger partial charge in [0.25, 0.3) is 0 Å². The maximum Gasteiger partial charge on any atom is 0.122 e. The highest BCUT2D eigenvalue weighted by molar-refractivity contribution is 6.95. The quantitative estimate of drug-likeness (QED) is 0.598. The van der Waals surface area contributed by atoms with Gasteiger partial charge in [-0.25, -0.2) is 0 Å². The van der Waals surface area contributed by atoms with Crippen molar-refractivity contribution in [3.8, 4) is 0 Å². The standard InChI is InChI=1S/C10H29N3Si2/c1-7-12-14(3,4)10(9-11)15(5,6)13-8-2/h10,12-13H,7-9,11H2,1-6H3. The highest BCUT2D eigenvalue weighted by atomic mass is 28.4. The fraction of sp³-hybridized carbons (Fsp3) is 1.00. The van der Waals surface area contributed by atoms with Gasteiger partial charge in [0.1, 0.15) is 16.5 Å².